The molecule has 16 heavy (non-hydrogen) atoms. The Kier molecular flexibility index (Phi) is 6.41. The molecule has 0 saturated heterocycles. The van der Waals surface area contributed by atoms with Crippen LogP contribution < -0.4 is 0 Å². The first-order valence-corrected chi connectivity index (χ1v) is 4.49. The number of ether oxygens (including phenoxy) is 1. The summed E-state index contributed by atoms with van der Waals surface area (Å²) in [5.41, 5.74) is 0. The predicted molar refractivity (Wildman–Crippen MR) is 48.9 cm³/mol. The van der Waals surface area contributed by atoms with Crippen molar-refractivity contribution in [3.8, 4) is 0 Å². The molecule has 96 valence electrons. The summed E-state index contributed by atoms with van der Waals surface area (Å²) in [5, 5.41) is 54.1. The number of hydrogen-bond donors (Lipinski definition) is 6. The molecule has 0 heterocycles. The minimum absolute atomic E-state index is 0.839. The number of esters is 1. The van der Waals surface area contributed by atoms with Gasteiger partial charge in [-0.3, -0.25) is 4.79 Å². The molecule has 8 nitrogen and oxygen atoms in total. The van der Waals surface area contributed by atoms with Crippen LogP contribution in [0.4, 0.5) is 0 Å². The van der Waals surface area contributed by atoms with E-state index in [1.807, 2.05) is 0 Å². The molecular formula is C8H16O8. The van der Waals surface area contributed by atoms with Gasteiger partial charge in [0.1, 0.15) is 24.4 Å². The zero-order chi connectivity index (χ0) is 12.9. The fraction of sp³-hybridized carbons (Fsp3) is 0.875. The molecule has 0 rings (SSSR count). The SMILES string of the molecule is CC(=O)OC(O)[C@H](O)[C@H](O)[C@@H](O)[C@@H](O)CO. The highest BCUT2D eigenvalue weighted by Gasteiger charge is 2.35. The Labute approximate surface area is 91.3 Å². The molecule has 8 heteroatoms. The van der Waals surface area contributed by atoms with Crippen LogP contribution in [0.25, 0.3) is 0 Å². The molecule has 0 fully saturated rings. The van der Waals surface area contributed by atoms with E-state index in [1.165, 1.54) is 0 Å². The Morgan fingerprint density at radius 2 is 1.56 bits per heavy atom. The largest absolute Gasteiger partial charge is 0.433 e. The summed E-state index contributed by atoms with van der Waals surface area (Å²) in [6.45, 7) is 0.135. The number of rotatable bonds is 6. The second-order valence-corrected chi connectivity index (χ2v) is 3.22. The van der Waals surface area contributed by atoms with Gasteiger partial charge in [-0.1, -0.05) is 0 Å². The Hall–Kier alpha value is -0.770. The molecule has 0 amide bonds. The van der Waals surface area contributed by atoms with E-state index in [1.54, 1.807) is 0 Å². The van der Waals surface area contributed by atoms with Crippen LogP contribution in [-0.4, -0.2) is 73.9 Å². The fourth-order valence-corrected chi connectivity index (χ4v) is 0.946. The second kappa shape index (κ2) is 6.74. The summed E-state index contributed by atoms with van der Waals surface area (Å²) in [6.07, 6.45) is -9.58. The summed E-state index contributed by atoms with van der Waals surface area (Å²) in [6, 6.07) is 0. The van der Waals surface area contributed by atoms with E-state index in [2.05, 4.69) is 4.74 Å². The molecule has 6 N–H and O–H groups in total. The molecule has 0 aliphatic carbocycles. The van der Waals surface area contributed by atoms with E-state index in [4.69, 9.17) is 20.4 Å². The molecule has 1 unspecified atom stereocenters. The van der Waals surface area contributed by atoms with Crippen LogP contribution in [0.2, 0.25) is 0 Å². The van der Waals surface area contributed by atoms with Crippen LogP contribution in [0.3, 0.4) is 0 Å². The number of carbonyl (C=O) groups is 1. The van der Waals surface area contributed by atoms with Gasteiger partial charge >= 0.3 is 5.97 Å². The first kappa shape index (κ1) is 15.2. The minimum Gasteiger partial charge on any atom is -0.433 e. The summed E-state index contributed by atoms with van der Waals surface area (Å²) >= 11 is 0. The summed E-state index contributed by atoms with van der Waals surface area (Å²) < 4.78 is 4.15. The van der Waals surface area contributed by atoms with Gasteiger partial charge in [0, 0.05) is 6.92 Å². The normalized spacial score (nSPS) is 20.7. The molecule has 0 aromatic carbocycles. The van der Waals surface area contributed by atoms with Crippen LogP contribution in [0.15, 0.2) is 0 Å². The lowest BCUT2D eigenvalue weighted by Crippen LogP contribution is -2.50. The van der Waals surface area contributed by atoms with Gasteiger partial charge in [0.25, 0.3) is 0 Å². The monoisotopic (exact) mass is 240 g/mol. The van der Waals surface area contributed by atoms with E-state index in [0.29, 0.717) is 0 Å². The average Bonchev–Trinajstić information content (AvgIpc) is 2.23. The van der Waals surface area contributed by atoms with Crippen molar-refractivity contribution in [1.82, 2.24) is 0 Å². The van der Waals surface area contributed by atoms with Gasteiger partial charge in [0.15, 0.2) is 0 Å². The highest BCUT2D eigenvalue weighted by atomic mass is 16.6. The van der Waals surface area contributed by atoms with Gasteiger partial charge in [-0.15, -0.1) is 0 Å². The second-order valence-electron chi connectivity index (χ2n) is 3.22. The van der Waals surface area contributed by atoms with Crippen LogP contribution in [0.1, 0.15) is 6.92 Å². The van der Waals surface area contributed by atoms with Crippen molar-refractivity contribution in [3.63, 3.8) is 0 Å². The summed E-state index contributed by atoms with van der Waals surface area (Å²) in [4.78, 5) is 10.4. The van der Waals surface area contributed by atoms with Crippen molar-refractivity contribution < 1.29 is 40.2 Å². The van der Waals surface area contributed by atoms with Gasteiger partial charge in [-0.05, 0) is 0 Å². The smallest absolute Gasteiger partial charge is 0.305 e. The van der Waals surface area contributed by atoms with E-state index in [0.717, 1.165) is 6.92 Å². The predicted octanol–water partition coefficient (Wildman–Crippen LogP) is -3.70. The van der Waals surface area contributed by atoms with E-state index in [9.17, 15) is 15.0 Å². The zero-order valence-electron chi connectivity index (χ0n) is 8.59. The zero-order valence-corrected chi connectivity index (χ0v) is 8.59. The molecule has 0 bridgehead atoms. The highest BCUT2D eigenvalue weighted by molar-refractivity contribution is 5.66. The fourth-order valence-electron chi connectivity index (χ4n) is 0.946. The Bertz CT molecular complexity index is 220. The van der Waals surface area contributed by atoms with Crippen LogP contribution in [-0.2, 0) is 9.53 Å². The maximum atomic E-state index is 10.4. The molecule has 0 spiro atoms. The lowest BCUT2D eigenvalue weighted by Gasteiger charge is -2.27. The van der Waals surface area contributed by atoms with Crippen molar-refractivity contribution in [2.45, 2.75) is 37.6 Å². The molecule has 0 aliphatic rings. The molecule has 0 aromatic heterocycles. The third-order valence-electron chi connectivity index (χ3n) is 1.86. The lowest BCUT2D eigenvalue weighted by molar-refractivity contribution is -0.212. The average molecular weight is 240 g/mol. The third-order valence-corrected chi connectivity index (χ3v) is 1.86. The van der Waals surface area contributed by atoms with Crippen molar-refractivity contribution >= 4 is 5.97 Å². The van der Waals surface area contributed by atoms with Crippen molar-refractivity contribution in [2.75, 3.05) is 6.61 Å². The van der Waals surface area contributed by atoms with Crippen molar-refractivity contribution in [2.24, 2.45) is 0 Å². The number of aliphatic hydroxyl groups is 6. The topological polar surface area (TPSA) is 148 Å². The van der Waals surface area contributed by atoms with Gasteiger partial charge in [-0.2, -0.15) is 0 Å². The maximum Gasteiger partial charge on any atom is 0.305 e. The van der Waals surface area contributed by atoms with Crippen LogP contribution >= 0.6 is 0 Å². The summed E-state index contributed by atoms with van der Waals surface area (Å²) in [7, 11) is 0. The molecule has 5 atom stereocenters. The number of carbonyl (C=O) groups excluding carboxylic acids is 1. The number of aliphatic hydroxyl groups excluding tert-OH is 6. The van der Waals surface area contributed by atoms with Gasteiger partial charge in [0.05, 0.1) is 6.61 Å². The minimum atomic E-state index is -2.03. The van der Waals surface area contributed by atoms with Gasteiger partial charge in [0.2, 0.25) is 6.29 Å². The van der Waals surface area contributed by atoms with E-state index < -0.39 is 43.3 Å². The standard InChI is InChI=1S/C8H16O8/c1-3(10)16-8(15)7(14)6(13)5(12)4(11)2-9/h4-9,11-15H,2H2,1H3/t4-,5-,6+,7+,8?/m0/s1. The quantitative estimate of drug-likeness (QED) is 0.205. The molecule has 0 saturated carbocycles. The van der Waals surface area contributed by atoms with E-state index >= 15 is 0 Å². The van der Waals surface area contributed by atoms with Crippen molar-refractivity contribution in [3.05, 3.63) is 0 Å². The lowest BCUT2D eigenvalue weighted by atomic mass is 10.0. The maximum absolute atomic E-state index is 10.4. The van der Waals surface area contributed by atoms with Crippen molar-refractivity contribution in [1.29, 1.82) is 0 Å². The first-order chi connectivity index (χ1) is 7.31. The molecule has 0 aliphatic heterocycles. The van der Waals surface area contributed by atoms with Crippen LogP contribution in [0.5, 0.6) is 0 Å². The van der Waals surface area contributed by atoms with E-state index in [-0.39, 0.29) is 0 Å². The first-order valence-electron chi connectivity index (χ1n) is 4.49. The Morgan fingerprint density at radius 3 is 1.94 bits per heavy atom. The summed E-state index contributed by atoms with van der Waals surface area (Å²) in [5.74, 6) is -0.893. The molecule has 0 aromatic rings. The highest BCUT2D eigenvalue weighted by Crippen LogP contribution is 2.09. The van der Waals surface area contributed by atoms with Gasteiger partial charge in [-0.25, -0.2) is 0 Å². The van der Waals surface area contributed by atoms with Gasteiger partial charge < -0.3 is 35.4 Å². The number of hydrogen-bond acceptors (Lipinski definition) is 8. The Morgan fingerprint density at radius 1 is 1.06 bits per heavy atom. The molecular weight excluding hydrogens is 224 g/mol. The Balaban J connectivity index is 4.35. The molecule has 0 radical (unpaired) electrons. The van der Waals surface area contributed by atoms with Crippen LogP contribution in [0, 0.1) is 0 Å². The third kappa shape index (κ3) is 4.39.